The summed E-state index contributed by atoms with van der Waals surface area (Å²) >= 11 is 5.10. The van der Waals surface area contributed by atoms with Crippen molar-refractivity contribution < 1.29 is 5.11 Å². The van der Waals surface area contributed by atoms with Crippen molar-refractivity contribution in [2.75, 3.05) is 13.1 Å². The molecule has 1 aromatic rings. The molecule has 21 heavy (non-hydrogen) atoms. The van der Waals surface area contributed by atoms with E-state index in [-0.39, 0.29) is 16.2 Å². The number of nitrogens with zero attached hydrogens (tertiary/aromatic N) is 3. The van der Waals surface area contributed by atoms with Crippen LogP contribution in [0.25, 0.3) is 0 Å². The highest BCUT2D eigenvalue weighted by Gasteiger charge is 2.12. The van der Waals surface area contributed by atoms with Crippen LogP contribution in [0.15, 0.2) is 9.90 Å². The molecule has 0 aliphatic carbocycles. The van der Waals surface area contributed by atoms with E-state index in [1.807, 2.05) is 5.01 Å². The number of aromatic hydroxyl groups is 1. The van der Waals surface area contributed by atoms with Crippen LogP contribution in [-0.2, 0) is 6.54 Å². The van der Waals surface area contributed by atoms with Gasteiger partial charge in [-0.05, 0) is 37.9 Å². The molecule has 1 aliphatic rings. The highest BCUT2D eigenvalue weighted by atomic mass is 32.1. The van der Waals surface area contributed by atoms with Gasteiger partial charge in [0.2, 0.25) is 5.88 Å². The minimum atomic E-state index is -0.397. The van der Waals surface area contributed by atoms with Crippen molar-refractivity contribution in [2.45, 2.75) is 45.6 Å². The summed E-state index contributed by atoms with van der Waals surface area (Å²) in [6.07, 6.45) is 6.76. The molecule has 2 N–H and O–H groups in total. The van der Waals surface area contributed by atoms with E-state index < -0.39 is 5.56 Å². The zero-order valence-corrected chi connectivity index (χ0v) is 13.2. The first-order chi connectivity index (χ1) is 10.1. The number of aromatic nitrogens is 2. The van der Waals surface area contributed by atoms with Crippen molar-refractivity contribution in [3.63, 3.8) is 0 Å². The molecule has 1 saturated heterocycles. The van der Waals surface area contributed by atoms with E-state index in [2.05, 4.69) is 17.0 Å². The number of hydrazone groups is 1. The van der Waals surface area contributed by atoms with Gasteiger partial charge in [-0.15, -0.1) is 0 Å². The Bertz CT molecular complexity index is 614. The molecule has 2 rings (SSSR count). The highest BCUT2D eigenvalue weighted by molar-refractivity contribution is 7.71. The van der Waals surface area contributed by atoms with Crippen molar-refractivity contribution >= 4 is 18.4 Å². The third-order valence-corrected chi connectivity index (χ3v) is 3.95. The minimum absolute atomic E-state index is 0.0991. The van der Waals surface area contributed by atoms with Crippen molar-refractivity contribution in [1.82, 2.24) is 14.6 Å². The van der Waals surface area contributed by atoms with Gasteiger partial charge in [0, 0.05) is 19.6 Å². The van der Waals surface area contributed by atoms with E-state index in [1.165, 1.54) is 12.6 Å². The van der Waals surface area contributed by atoms with Crippen molar-refractivity contribution in [1.29, 1.82) is 0 Å². The molecule has 1 aliphatic heterocycles. The van der Waals surface area contributed by atoms with Crippen molar-refractivity contribution in [3.05, 3.63) is 20.7 Å². The second kappa shape index (κ2) is 7.40. The Morgan fingerprint density at radius 3 is 2.76 bits per heavy atom. The van der Waals surface area contributed by atoms with E-state index >= 15 is 0 Å². The Balaban J connectivity index is 2.27. The number of hydrogen-bond acceptors (Lipinski definition) is 5. The first kappa shape index (κ1) is 15.8. The maximum atomic E-state index is 12.0. The minimum Gasteiger partial charge on any atom is -0.494 e. The second-order valence-corrected chi connectivity index (χ2v) is 5.65. The molecule has 0 spiro atoms. The van der Waals surface area contributed by atoms with Crippen molar-refractivity contribution in [3.8, 4) is 5.88 Å². The Hall–Kier alpha value is -1.63. The molecule has 0 atom stereocenters. The fourth-order valence-electron chi connectivity index (χ4n) is 2.35. The number of rotatable bonds is 5. The third-order valence-electron chi connectivity index (χ3n) is 3.62. The molecule has 0 saturated carbocycles. The Morgan fingerprint density at radius 1 is 1.38 bits per heavy atom. The van der Waals surface area contributed by atoms with Crippen LogP contribution >= 0.6 is 12.2 Å². The smallest absolute Gasteiger partial charge is 0.264 e. The average Bonchev–Trinajstić information content (AvgIpc) is 2.47. The lowest BCUT2D eigenvalue weighted by Gasteiger charge is -2.23. The fraction of sp³-hybridized carbons (Fsp3) is 0.643. The number of unbranched alkanes of at least 4 members (excludes halogenated alkanes) is 1. The SMILES string of the molecule is CCCCn1c(O)c(C=NN2CCCCC2)c(=O)[nH]c1=S. The second-order valence-electron chi connectivity index (χ2n) is 5.26. The zero-order chi connectivity index (χ0) is 15.2. The van der Waals surface area contributed by atoms with Crippen molar-refractivity contribution in [2.24, 2.45) is 5.10 Å². The Kier molecular flexibility index (Phi) is 5.55. The van der Waals surface area contributed by atoms with Gasteiger partial charge in [0.25, 0.3) is 5.56 Å². The van der Waals surface area contributed by atoms with E-state index in [0.29, 0.717) is 6.54 Å². The average molecular weight is 310 g/mol. The lowest BCUT2D eigenvalue weighted by molar-refractivity contribution is 0.240. The summed E-state index contributed by atoms with van der Waals surface area (Å²) in [6, 6.07) is 0. The number of piperidine rings is 1. The largest absolute Gasteiger partial charge is 0.494 e. The maximum Gasteiger partial charge on any atom is 0.264 e. The van der Waals surface area contributed by atoms with Crippen LogP contribution in [0.2, 0.25) is 0 Å². The quantitative estimate of drug-likeness (QED) is 0.646. The van der Waals surface area contributed by atoms with Crippen LogP contribution in [0.1, 0.15) is 44.6 Å². The van der Waals surface area contributed by atoms with Gasteiger partial charge in [0.1, 0.15) is 5.56 Å². The van der Waals surface area contributed by atoms with Crippen LogP contribution in [-0.4, -0.2) is 39.0 Å². The molecule has 0 radical (unpaired) electrons. The Labute approximate surface area is 129 Å². The highest BCUT2D eigenvalue weighted by Crippen LogP contribution is 2.14. The van der Waals surface area contributed by atoms with E-state index in [4.69, 9.17) is 12.2 Å². The van der Waals surface area contributed by atoms with Gasteiger partial charge >= 0.3 is 0 Å². The molecule has 1 fully saturated rings. The Morgan fingerprint density at radius 2 is 2.10 bits per heavy atom. The van der Waals surface area contributed by atoms with Crippen LogP contribution in [0.4, 0.5) is 0 Å². The van der Waals surface area contributed by atoms with Crippen LogP contribution < -0.4 is 5.56 Å². The number of nitrogens with one attached hydrogen (secondary N) is 1. The molecule has 2 heterocycles. The lowest BCUT2D eigenvalue weighted by Crippen LogP contribution is -2.25. The summed E-state index contributed by atoms with van der Waals surface area (Å²) in [6.45, 7) is 4.43. The van der Waals surface area contributed by atoms with Gasteiger partial charge in [0.05, 0.1) is 6.21 Å². The first-order valence-corrected chi connectivity index (χ1v) is 7.89. The summed E-state index contributed by atoms with van der Waals surface area (Å²) in [5.41, 5.74) is -0.226. The standard InChI is InChI=1S/C14H22N4O2S/c1-2-3-9-18-13(20)11(12(19)16-14(18)21)10-15-17-7-5-4-6-8-17/h10,20H,2-9H2,1H3,(H,16,19,21). The fourth-order valence-corrected chi connectivity index (χ4v) is 2.62. The van der Waals surface area contributed by atoms with Crippen LogP contribution in [0.3, 0.4) is 0 Å². The summed E-state index contributed by atoms with van der Waals surface area (Å²) < 4.78 is 1.80. The van der Waals surface area contributed by atoms with Crippen LogP contribution in [0.5, 0.6) is 5.88 Å². The molecule has 7 heteroatoms. The molecule has 0 bridgehead atoms. The van der Waals surface area contributed by atoms with Gasteiger partial charge < -0.3 is 5.11 Å². The number of hydrogen-bond donors (Lipinski definition) is 2. The molecule has 0 amide bonds. The van der Waals surface area contributed by atoms with Gasteiger partial charge in [-0.3, -0.25) is 19.4 Å². The van der Waals surface area contributed by atoms with Gasteiger partial charge in [-0.25, -0.2) is 0 Å². The molecule has 116 valence electrons. The predicted molar refractivity (Wildman–Crippen MR) is 85.5 cm³/mol. The number of aromatic amines is 1. The summed E-state index contributed by atoms with van der Waals surface area (Å²) in [4.78, 5) is 14.6. The maximum absolute atomic E-state index is 12.0. The molecule has 0 unspecified atom stereocenters. The monoisotopic (exact) mass is 310 g/mol. The third kappa shape index (κ3) is 3.93. The van der Waals surface area contributed by atoms with Gasteiger partial charge in [-0.1, -0.05) is 13.3 Å². The van der Waals surface area contributed by atoms with E-state index in [0.717, 1.165) is 38.8 Å². The zero-order valence-electron chi connectivity index (χ0n) is 12.3. The lowest BCUT2D eigenvalue weighted by atomic mass is 10.2. The molecule has 6 nitrogen and oxygen atoms in total. The first-order valence-electron chi connectivity index (χ1n) is 7.48. The normalized spacial score (nSPS) is 15.8. The van der Waals surface area contributed by atoms with Gasteiger partial charge in [0.15, 0.2) is 4.77 Å². The summed E-state index contributed by atoms with van der Waals surface area (Å²) in [5, 5.41) is 16.5. The number of H-pyrrole nitrogens is 1. The van der Waals surface area contributed by atoms with Crippen LogP contribution in [0, 0.1) is 4.77 Å². The summed E-state index contributed by atoms with van der Waals surface area (Å²) in [5.74, 6) is -0.0991. The summed E-state index contributed by atoms with van der Waals surface area (Å²) in [7, 11) is 0. The topological polar surface area (TPSA) is 73.6 Å². The molecule has 0 aromatic carbocycles. The predicted octanol–water partition coefficient (Wildman–Crippen LogP) is 2.23. The molecule has 1 aromatic heterocycles. The molecular formula is C14H22N4O2S. The van der Waals surface area contributed by atoms with Gasteiger partial charge in [-0.2, -0.15) is 5.10 Å². The van der Waals surface area contributed by atoms with E-state index in [9.17, 15) is 9.90 Å². The molecular weight excluding hydrogens is 288 g/mol. The van der Waals surface area contributed by atoms with E-state index in [1.54, 1.807) is 4.57 Å².